The molecule has 1 heterocycles. The number of aromatic amines is 1. The topological polar surface area (TPSA) is 74.3 Å². The SMILES string of the molecule is O=C(Cc1cccc2ccccc12)NN=Cc1cc2ccccc2[nH]c1=O. The Balaban J connectivity index is 1.49. The van der Waals surface area contributed by atoms with Crippen LogP contribution >= 0.6 is 0 Å². The van der Waals surface area contributed by atoms with E-state index >= 15 is 0 Å². The number of benzene rings is 3. The number of aromatic nitrogens is 1. The standard InChI is InChI=1S/C22H17N3O2/c26-21(13-16-9-5-8-15-6-1-3-10-19(15)16)25-23-14-18-12-17-7-2-4-11-20(17)24-22(18)27/h1-12,14H,13H2,(H,24,27)(H,25,26). The van der Waals surface area contributed by atoms with E-state index in [1.165, 1.54) is 6.21 Å². The predicted octanol–water partition coefficient (Wildman–Crippen LogP) is 3.37. The van der Waals surface area contributed by atoms with Crippen molar-refractivity contribution in [2.45, 2.75) is 6.42 Å². The molecular formula is C22H17N3O2. The molecule has 132 valence electrons. The van der Waals surface area contributed by atoms with Gasteiger partial charge in [0.1, 0.15) is 0 Å². The highest BCUT2D eigenvalue weighted by molar-refractivity contribution is 5.91. The molecular weight excluding hydrogens is 338 g/mol. The van der Waals surface area contributed by atoms with Crippen LogP contribution in [0.4, 0.5) is 0 Å². The summed E-state index contributed by atoms with van der Waals surface area (Å²) in [6.07, 6.45) is 1.58. The molecule has 0 aliphatic rings. The lowest BCUT2D eigenvalue weighted by atomic mass is 10.0. The third kappa shape index (κ3) is 3.62. The molecule has 4 rings (SSSR count). The fraction of sp³-hybridized carbons (Fsp3) is 0.0455. The summed E-state index contributed by atoms with van der Waals surface area (Å²) in [5.41, 5.74) is 4.33. The van der Waals surface area contributed by atoms with Crippen molar-refractivity contribution in [1.29, 1.82) is 0 Å². The number of rotatable bonds is 4. The van der Waals surface area contributed by atoms with Crippen LogP contribution in [0.15, 0.2) is 82.7 Å². The van der Waals surface area contributed by atoms with Crippen molar-refractivity contribution in [2.75, 3.05) is 0 Å². The molecule has 0 fully saturated rings. The molecule has 0 saturated carbocycles. The van der Waals surface area contributed by atoms with E-state index in [1.807, 2.05) is 66.7 Å². The van der Waals surface area contributed by atoms with E-state index in [2.05, 4.69) is 15.5 Å². The Morgan fingerprint density at radius 3 is 2.59 bits per heavy atom. The highest BCUT2D eigenvalue weighted by atomic mass is 16.2. The summed E-state index contributed by atoms with van der Waals surface area (Å²) >= 11 is 0. The van der Waals surface area contributed by atoms with E-state index in [-0.39, 0.29) is 17.9 Å². The molecule has 0 bridgehead atoms. The number of hydrogen-bond acceptors (Lipinski definition) is 3. The Labute approximate surface area is 155 Å². The molecule has 0 saturated heterocycles. The van der Waals surface area contributed by atoms with Crippen LogP contribution in [-0.2, 0) is 11.2 Å². The van der Waals surface area contributed by atoms with E-state index in [0.29, 0.717) is 5.56 Å². The number of carbonyl (C=O) groups excluding carboxylic acids is 1. The highest BCUT2D eigenvalue weighted by Crippen LogP contribution is 2.18. The van der Waals surface area contributed by atoms with Crippen molar-refractivity contribution in [3.8, 4) is 0 Å². The molecule has 0 spiro atoms. The van der Waals surface area contributed by atoms with Gasteiger partial charge in [-0.15, -0.1) is 0 Å². The second-order valence-electron chi connectivity index (χ2n) is 6.25. The van der Waals surface area contributed by atoms with Gasteiger partial charge in [0.15, 0.2) is 0 Å². The molecule has 0 radical (unpaired) electrons. The third-order valence-electron chi connectivity index (χ3n) is 4.41. The Hall–Kier alpha value is -3.73. The average molecular weight is 355 g/mol. The zero-order valence-electron chi connectivity index (χ0n) is 14.5. The molecule has 3 aromatic carbocycles. The Kier molecular flexibility index (Phi) is 4.49. The zero-order chi connectivity index (χ0) is 18.6. The van der Waals surface area contributed by atoms with Gasteiger partial charge in [-0.25, -0.2) is 5.43 Å². The van der Waals surface area contributed by atoms with Crippen LogP contribution in [0.1, 0.15) is 11.1 Å². The highest BCUT2D eigenvalue weighted by Gasteiger charge is 2.06. The van der Waals surface area contributed by atoms with Gasteiger partial charge in [0.25, 0.3) is 5.56 Å². The summed E-state index contributed by atoms with van der Waals surface area (Å²) in [4.78, 5) is 27.1. The van der Waals surface area contributed by atoms with Crippen molar-refractivity contribution >= 4 is 33.8 Å². The number of pyridine rings is 1. The molecule has 0 unspecified atom stereocenters. The van der Waals surface area contributed by atoms with Crippen LogP contribution in [0.3, 0.4) is 0 Å². The van der Waals surface area contributed by atoms with Crippen LogP contribution in [0, 0.1) is 0 Å². The fourth-order valence-corrected chi connectivity index (χ4v) is 3.09. The second-order valence-corrected chi connectivity index (χ2v) is 6.25. The summed E-state index contributed by atoms with van der Waals surface area (Å²) in [7, 11) is 0. The smallest absolute Gasteiger partial charge is 0.257 e. The lowest BCUT2D eigenvalue weighted by Gasteiger charge is -2.05. The number of H-pyrrole nitrogens is 1. The van der Waals surface area contributed by atoms with Gasteiger partial charge in [-0.05, 0) is 33.9 Å². The Bertz CT molecular complexity index is 1220. The van der Waals surface area contributed by atoms with E-state index < -0.39 is 0 Å². The molecule has 27 heavy (non-hydrogen) atoms. The molecule has 5 heteroatoms. The van der Waals surface area contributed by atoms with Gasteiger partial charge in [0.2, 0.25) is 5.91 Å². The van der Waals surface area contributed by atoms with Crippen molar-refractivity contribution in [3.05, 3.63) is 94.3 Å². The van der Waals surface area contributed by atoms with Gasteiger partial charge in [-0.2, -0.15) is 5.10 Å². The lowest BCUT2D eigenvalue weighted by molar-refractivity contribution is -0.120. The molecule has 0 aliphatic heterocycles. The van der Waals surface area contributed by atoms with E-state index in [0.717, 1.165) is 27.2 Å². The molecule has 1 amide bonds. The van der Waals surface area contributed by atoms with Gasteiger partial charge in [0.05, 0.1) is 18.2 Å². The van der Waals surface area contributed by atoms with Crippen LogP contribution in [0.25, 0.3) is 21.7 Å². The lowest BCUT2D eigenvalue weighted by Crippen LogP contribution is -2.21. The first-order valence-electron chi connectivity index (χ1n) is 8.61. The largest absolute Gasteiger partial charge is 0.321 e. The van der Waals surface area contributed by atoms with Crippen LogP contribution in [0.5, 0.6) is 0 Å². The first kappa shape index (κ1) is 16.7. The van der Waals surface area contributed by atoms with Crippen LogP contribution in [-0.4, -0.2) is 17.1 Å². The molecule has 4 aromatic rings. The minimum absolute atomic E-state index is 0.215. The summed E-state index contributed by atoms with van der Waals surface area (Å²) in [6, 6.07) is 23.1. The van der Waals surface area contributed by atoms with Gasteiger partial charge in [-0.3, -0.25) is 9.59 Å². The number of nitrogens with zero attached hydrogens (tertiary/aromatic N) is 1. The minimum atomic E-state index is -0.249. The first-order valence-corrected chi connectivity index (χ1v) is 8.61. The van der Waals surface area contributed by atoms with Gasteiger partial charge < -0.3 is 4.98 Å². The number of carbonyl (C=O) groups is 1. The molecule has 0 aliphatic carbocycles. The van der Waals surface area contributed by atoms with Gasteiger partial charge in [0, 0.05) is 5.52 Å². The molecule has 0 atom stereocenters. The maximum atomic E-state index is 12.2. The second kappa shape index (κ2) is 7.25. The Morgan fingerprint density at radius 2 is 1.70 bits per heavy atom. The predicted molar refractivity (Wildman–Crippen MR) is 108 cm³/mol. The number of para-hydroxylation sites is 1. The number of hydrazone groups is 1. The molecule has 1 aromatic heterocycles. The maximum Gasteiger partial charge on any atom is 0.257 e. The van der Waals surface area contributed by atoms with Gasteiger partial charge in [-0.1, -0.05) is 60.7 Å². The van der Waals surface area contributed by atoms with Crippen LogP contribution in [0.2, 0.25) is 0 Å². The van der Waals surface area contributed by atoms with Crippen molar-refractivity contribution in [2.24, 2.45) is 5.10 Å². The average Bonchev–Trinajstić information content (AvgIpc) is 2.69. The van der Waals surface area contributed by atoms with E-state index in [1.54, 1.807) is 6.07 Å². The van der Waals surface area contributed by atoms with E-state index in [4.69, 9.17) is 0 Å². The maximum absolute atomic E-state index is 12.2. The van der Waals surface area contributed by atoms with Crippen LogP contribution < -0.4 is 11.0 Å². The molecule has 5 nitrogen and oxygen atoms in total. The summed E-state index contributed by atoms with van der Waals surface area (Å²) < 4.78 is 0. The quantitative estimate of drug-likeness (QED) is 0.435. The minimum Gasteiger partial charge on any atom is -0.321 e. The monoisotopic (exact) mass is 355 g/mol. The van der Waals surface area contributed by atoms with Crippen molar-refractivity contribution in [1.82, 2.24) is 10.4 Å². The molecule has 2 N–H and O–H groups in total. The summed E-state index contributed by atoms with van der Waals surface area (Å²) in [5, 5.41) is 6.98. The first-order chi connectivity index (χ1) is 13.2. The van der Waals surface area contributed by atoms with Crippen molar-refractivity contribution < 1.29 is 4.79 Å². The number of nitrogens with one attached hydrogen (secondary N) is 2. The number of fused-ring (bicyclic) bond motifs is 2. The zero-order valence-corrected chi connectivity index (χ0v) is 14.5. The van der Waals surface area contributed by atoms with Crippen molar-refractivity contribution in [3.63, 3.8) is 0 Å². The Morgan fingerprint density at radius 1 is 0.963 bits per heavy atom. The number of hydrogen-bond donors (Lipinski definition) is 2. The third-order valence-corrected chi connectivity index (χ3v) is 4.41. The fourth-order valence-electron chi connectivity index (χ4n) is 3.09. The normalized spacial score (nSPS) is 11.3. The van der Waals surface area contributed by atoms with E-state index in [9.17, 15) is 9.59 Å². The summed E-state index contributed by atoms with van der Waals surface area (Å²) in [6.45, 7) is 0. The van der Waals surface area contributed by atoms with Gasteiger partial charge >= 0.3 is 0 Å². The summed E-state index contributed by atoms with van der Waals surface area (Å²) in [5.74, 6) is -0.236. The number of amides is 1.